The molecule has 7 N–H and O–H groups in total. The average molecular weight is 475 g/mol. The van der Waals surface area contributed by atoms with E-state index in [-0.39, 0.29) is 10.4 Å². The minimum Gasteiger partial charge on any atom is -0.477 e. The van der Waals surface area contributed by atoms with Crippen LogP contribution in [0.1, 0.15) is 43.7 Å². The Balaban J connectivity index is 1.69. The van der Waals surface area contributed by atoms with E-state index in [0.29, 0.717) is 38.4 Å². The third kappa shape index (κ3) is 3.02. The molecule has 2 atom stereocenters. The third-order valence-electron chi connectivity index (χ3n) is 6.32. The van der Waals surface area contributed by atoms with E-state index in [1.165, 1.54) is 0 Å². The minimum absolute atomic E-state index is 0.00404. The van der Waals surface area contributed by atoms with Gasteiger partial charge in [-0.25, -0.2) is 4.79 Å². The summed E-state index contributed by atoms with van der Waals surface area (Å²) in [5.41, 5.74) is 21.0. The van der Waals surface area contributed by atoms with Crippen molar-refractivity contribution < 1.29 is 19.4 Å². The zero-order valence-corrected chi connectivity index (χ0v) is 19.3. The minimum atomic E-state index is -1.58. The number of ketones is 1. The Hall–Kier alpha value is -3.79. The first-order chi connectivity index (χ1) is 16.1. The lowest BCUT2D eigenvalue weighted by Crippen LogP contribution is -2.52. The van der Waals surface area contributed by atoms with Crippen LogP contribution in [0.25, 0.3) is 10.1 Å². The van der Waals surface area contributed by atoms with Crippen molar-refractivity contribution in [3.05, 3.63) is 81.5 Å². The summed E-state index contributed by atoms with van der Waals surface area (Å²) < 4.78 is 6.54. The van der Waals surface area contributed by atoms with E-state index in [1.54, 1.807) is 42.6 Å². The van der Waals surface area contributed by atoms with Crippen LogP contribution in [0.3, 0.4) is 0 Å². The topological polar surface area (TPSA) is 155 Å². The van der Waals surface area contributed by atoms with Crippen molar-refractivity contribution in [2.24, 2.45) is 11.5 Å². The molecule has 1 aliphatic carbocycles. The number of thiophene rings is 1. The predicted octanol–water partition coefficient (Wildman–Crippen LogP) is 3.77. The number of pyridine rings is 1. The zero-order valence-electron chi connectivity index (χ0n) is 18.5. The molecule has 0 bridgehead atoms. The highest BCUT2D eigenvalue weighted by Gasteiger charge is 2.49. The Morgan fingerprint density at radius 3 is 2.59 bits per heavy atom. The second kappa shape index (κ2) is 7.63. The number of rotatable bonds is 4. The number of aromatic carboxylic acids is 1. The van der Waals surface area contributed by atoms with Crippen molar-refractivity contribution in [1.82, 2.24) is 4.98 Å². The maximum absolute atomic E-state index is 13.7. The van der Waals surface area contributed by atoms with E-state index in [0.717, 1.165) is 22.6 Å². The van der Waals surface area contributed by atoms with Gasteiger partial charge in [-0.15, -0.1) is 11.3 Å². The van der Waals surface area contributed by atoms with Gasteiger partial charge >= 0.3 is 5.97 Å². The molecule has 2 heterocycles. The Kier molecular flexibility index (Phi) is 4.94. The second-order valence-corrected chi connectivity index (χ2v) is 9.39. The fraction of sp³-hybridized carbons (Fsp3) is 0.160. The molecule has 2 unspecified atom stereocenters. The molecule has 34 heavy (non-hydrogen) atoms. The van der Waals surface area contributed by atoms with Gasteiger partial charge < -0.3 is 27.0 Å². The number of hydrogen-bond donors (Lipinski definition) is 4. The number of carboxylic acids is 1. The maximum Gasteiger partial charge on any atom is 0.346 e. The summed E-state index contributed by atoms with van der Waals surface area (Å²) in [6, 6.07) is 11.0. The quantitative estimate of drug-likeness (QED) is 0.326. The highest BCUT2D eigenvalue weighted by atomic mass is 32.1. The molecule has 0 amide bonds. The molecule has 0 radical (unpaired) electrons. The van der Waals surface area contributed by atoms with Gasteiger partial charge in [0, 0.05) is 22.8 Å². The molecule has 5 rings (SSSR count). The molecule has 0 saturated heterocycles. The fourth-order valence-electron chi connectivity index (χ4n) is 4.66. The van der Waals surface area contributed by atoms with Crippen LogP contribution >= 0.6 is 11.3 Å². The molecule has 172 valence electrons. The number of aromatic nitrogens is 1. The van der Waals surface area contributed by atoms with E-state index in [1.807, 2.05) is 19.9 Å². The number of carbonyl (C=O) groups excluding carboxylic acids is 1. The van der Waals surface area contributed by atoms with Gasteiger partial charge in [0.2, 0.25) is 0 Å². The Labute approximate surface area is 199 Å². The highest BCUT2D eigenvalue weighted by Crippen LogP contribution is 2.50. The van der Waals surface area contributed by atoms with E-state index in [2.05, 4.69) is 4.98 Å². The Bertz CT molecular complexity index is 1510. The van der Waals surface area contributed by atoms with Crippen molar-refractivity contribution in [1.29, 1.82) is 0 Å². The lowest BCUT2D eigenvalue weighted by atomic mass is 9.69. The number of nitrogen functional groups attached to an aromatic ring is 1. The zero-order chi connectivity index (χ0) is 24.4. The molecular formula is C25H22N4O4S. The molecule has 4 aromatic rings. The monoisotopic (exact) mass is 474 g/mol. The van der Waals surface area contributed by atoms with Gasteiger partial charge in [-0.05, 0) is 60.9 Å². The van der Waals surface area contributed by atoms with Crippen molar-refractivity contribution in [3.8, 4) is 11.5 Å². The molecule has 0 fully saturated rings. The molecule has 0 aliphatic heterocycles. The average Bonchev–Trinajstić information content (AvgIpc) is 3.21. The maximum atomic E-state index is 13.7. The fourth-order valence-corrected chi connectivity index (χ4v) is 5.80. The number of benzene rings is 2. The standard InChI is InChI=1S/C25H22N4O4S/c1-11-10-13(33-17-4-3-9-29-12(17)2)5-6-14(11)25(28)15-7-8-16(26)21-18(15)19(20(27)23(25)30)22(34-21)24(31)32/h3-10,20H,26-28H2,1-2H3,(H,31,32). The van der Waals surface area contributed by atoms with Crippen LogP contribution in [0.4, 0.5) is 5.69 Å². The molecular weight excluding hydrogens is 452 g/mol. The number of ether oxygens (including phenoxy) is 1. The lowest BCUT2D eigenvalue weighted by molar-refractivity contribution is -0.124. The van der Waals surface area contributed by atoms with E-state index < -0.39 is 23.3 Å². The van der Waals surface area contributed by atoms with Crippen LogP contribution in [-0.2, 0) is 10.3 Å². The summed E-state index contributed by atoms with van der Waals surface area (Å²) >= 11 is 1.01. The third-order valence-corrected chi connectivity index (χ3v) is 7.56. The van der Waals surface area contributed by atoms with Gasteiger partial charge in [0.15, 0.2) is 5.78 Å². The first-order valence-electron chi connectivity index (χ1n) is 10.5. The SMILES string of the molecule is Cc1cc(Oc2cccnc2C)ccc1C1(N)C(=O)C(N)c2c(C(=O)O)sc3c(N)ccc1c23. The highest BCUT2D eigenvalue weighted by molar-refractivity contribution is 7.21. The van der Waals surface area contributed by atoms with Crippen LogP contribution < -0.4 is 21.9 Å². The van der Waals surface area contributed by atoms with E-state index in [4.69, 9.17) is 21.9 Å². The molecule has 0 spiro atoms. The van der Waals surface area contributed by atoms with Crippen molar-refractivity contribution in [2.45, 2.75) is 25.4 Å². The number of nitrogens with two attached hydrogens (primary N) is 3. The first kappa shape index (κ1) is 22.0. The Morgan fingerprint density at radius 1 is 1.18 bits per heavy atom. The number of hydrogen-bond acceptors (Lipinski definition) is 8. The van der Waals surface area contributed by atoms with Crippen LogP contribution in [0.15, 0.2) is 48.7 Å². The van der Waals surface area contributed by atoms with Crippen molar-refractivity contribution >= 4 is 38.9 Å². The van der Waals surface area contributed by atoms with Gasteiger partial charge in [-0.3, -0.25) is 9.78 Å². The second-order valence-electron chi connectivity index (χ2n) is 8.37. The first-order valence-corrected chi connectivity index (χ1v) is 11.3. The summed E-state index contributed by atoms with van der Waals surface area (Å²) in [6.07, 6.45) is 1.69. The molecule has 0 saturated carbocycles. The van der Waals surface area contributed by atoms with Crippen LogP contribution in [0.2, 0.25) is 0 Å². The molecule has 9 heteroatoms. The number of carboxylic acid groups (broad SMARTS) is 1. The van der Waals surface area contributed by atoms with Gasteiger partial charge in [-0.1, -0.05) is 12.1 Å². The van der Waals surface area contributed by atoms with Crippen LogP contribution in [-0.4, -0.2) is 21.8 Å². The van der Waals surface area contributed by atoms with E-state index in [9.17, 15) is 14.7 Å². The Morgan fingerprint density at radius 2 is 1.91 bits per heavy atom. The number of carbonyl (C=O) groups is 2. The van der Waals surface area contributed by atoms with E-state index >= 15 is 0 Å². The van der Waals surface area contributed by atoms with Crippen LogP contribution in [0, 0.1) is 13.8 Å². The number of anilines is 1. The smallest absolute Gasteiger partial charge is 0.346 e. The summed E-state index contributed by atoms with van der Waals surface area (Å²) in [4.78, 5) is 29.8. The molecule has 8 nitrogen and oxygen atoms in total. The summed E-state index contributed by atoms with van der Waals surface area (Å²) in [7, 11) is 0. The van der Waals surface area contributed by atoms with Crippen molar-refractivity contribution in [3.63, 3.8) is 0 Å². The van der Waals surface area contributed by atoms with Gasteiger partial charge in [0.25, 0.3) is 0 Å². The number of nitrogens with zero attached hydrogens (tertiary/aromatic N) is 1. The molecule has 2 aromatic heterocycles. The van der Waals surface area contributed by atoms with Crippen molar-refractivity contribution in [2.75, 3.05) is 5.73 Å². The predicted molar refractivity (Wildman–Crippen MR) is 130 cm³/mol. The van der Waals surface area contributed by atoms with Gasteiger partial charge in [0.1, 0.15) is 21.9 Å². The summed E-state index contributed by atoms with van der Waals surface area (Å²) in [5, 5.41) is 10.3. The van der Waals surface area contributed by atoms with Gasteiger partial charge in [0.05, 0.1) is 16.4 Å². The van der Waals surface area contributed by atoms with Crippen LogP contribution in [0.5, 0.6) is 11.5 Å². The summed E-state index contributed by atoms with van der Waals surface area (Å²) in [6.45, 7) is 3.69. The lowest BCUT2D eigenvalue weighted by Gasteiger charge is -2.37. The number of aryl methyl sites for hydroxylation is 2. The molecule has 1 aliphatic rings. The normalized spacial score (nSPS) is 19.4. The molecule has 2 aromatic carbocycles. The van der Waals surface area contributed by atoms with Gasteiger partial charge in [-0.2, -0.15) is 0 Å². The summed E-state index contributed by atoms with van der Waals surface area (Å²) in [5.74, 6) is -0.442. The number of Topliss-reactive ketones (excluding diaryl/α,β-unsaturated/α-hetero) is 1. The largest absolute Gasteiger partial charge is 0.477 e.